The summed E-state index contributed by atoms with van der Waals surface area (Å²) in [4.78, 5) is 28.2. The number of hydrogen-bond donors (Lipinski definition) is 1. The molecule has 0 spiro atoms. The maximum atomic E-state index is 13.9. The van der Waals surface area contributed by atoms with E-state index in [0.717, 1.165) is 9.87 Å². The highest BCUT2D eigenvalue weighted by molar-refractivity contribution is 7.92. The molecule has 0 heterocycles. The largest absolute Gasteiger partial charge is 0.352 e. The highest BCUT2D eigenvalue weighted by Gasteiger charge is 2.32. The Labute approximate surface area is 234 Å². The van der Waals surface area contributed by atoms with Crippen LogP contribution in [0.4, 0.5) is 5.69 Å². The Morgan fingerprint density at radius 1 is 0.921 bits per heavy atom. The number of carbonyl (C=O) groups is 2. The number of aryl methyl sites for hydroxylation is 1. The molecule has 3 aromatic carbocycles. The summed E-state index contributed by atoms with van der Waals surface area (Å²) in [6.45, 7) is 6.57. The van der Waals surface area contributed by atoms with E-state index in [0.29, 0.717) is 15.6 Å². The smallest absolute Gasteiger partial charge is 0.264 e. The van der Waals surface area contributed by atoms with Crippen molar-refractivity contribution in [1.82, 2.24) is 10.2 Å². The molecular weight excluding hydrogens is 545 g/mol. The maximum absolute atomic E-state index is 13.9. The molecule has 0 saturated heterocycles. The zero-order valence-electron chi connectivity index (χ0n) is 21.7. The lowest BCUT2D eigenvalue weighted by Gasteiger charge is -2.32. The van der Waals surface area contributed by atoms with Crippen molar-refractivity contribution in [1.29, 1.82) is 0 Å². The van der Waals surface area contributed by atoms with Gasteiger partial charge in [-0.05, 0) is 75.2 Å². The summed E-state index contributed by atoms with van der Waals surface area (Å²) in [6, 6.07) is 18.6. The number of amides is 2. The Morgan fingerprint density at radius 3 is 2.21 bits per heavy atom. The van der Waals surface area contributed by atoms with Gasteiger partial charge in [-0.1, -0.05) is 59.6 Å². The number of halogens is 2. The minimum absolute atomic E-state index is 0.0245. The summed E-state index contributed by atoms with van der Waals surface area (Å²) in [5, 5.41) is 3.67. The molecule has 0 aliphatic carbocycles. The van der Waals surface area contributed by atoms with Crippen molar-refractivity contribution in [3.05, 3.63) is 94.0 Å². The van der Waals surface area contributed by atoms with Crippen molar-refractivity contribution in [2.75, 3.05) is 10.8 Å². The van der Waals surface area contributed by atoms with E-state index in [4.69, 9.17) is 23.2 Å². The molecule has 0 radical (unpaired) electrons. The average Bonchev–Trinajstić information content (AvgIpc) is 2.87. The molecule has 1 unspecified atom stereocenters. The molecule has 0 aliphatic rings. The summed E-state index contributed by atoms with van der Waals surface area (Å²) in [6.07, 6.45) is 0. The predicted octanol–water partition coefficient (Wildman–Crippen LogP) is 5.44. The highest BCUT2D eigenvalue weighted by atomic mass is 35.5. The molecule has 1 N–H and O–H groups in total. The standard InChI is InChI=1S/C28H31Cl2N3O4S/c1-19(2)31-28(35)21(4)32(17-22-9-8-10-23(29)15-22)27(34)18-33(24-14-13-20(3)26(30)16-24)38(36,37)25-11-6-5-7-12-25/h5-16,19,21H,17-18H2,1-4H3,(H,31,35). The quantitative estimate of drug-likeness (QED) is 0.348. The lowest BCUT2D eigenvalue weighted by molar-refractivity contribution is -0.139. The minimum atomic E-state index is -4.15. The van der Waals surface area contributed by atoms with Gasteiger partial charge in [0.25, 0.3) is 10.0 Å². The van der Waals surface area contributed by atoms with Gasteiger partial charge in [-0.15, -0.1) is 0 Å². The van der Waals surface area contributed by atoms with Crippen molar-refractivity contribution in [2.24, 2.45) is 0 Å². The Morgan fingerprint density at radius 2 is 1.61 bits per heavy atom. The first kappa shape index (κ1) is 29.5. The molecule has 10 heteroatoms. The summed E-state index contributed by atoms with van der Waals surface area (Å²) in [5.74, 6) is -0.918. The van der Waals surface area contributed by atoms with Crippen molar-refractivity contribution < 1.29 is 18.0 Å². The lowest BCUT2D eigenvalue weighted by atomic mass is 10.1. The fraction of sp³-hybridized carbons (Fsp3) is 0.286. The Balaban J connectivity index is 2.05. The molecule has 0 aliphatic heterocycles. The van der Waals surface area contributed by atoms with Gasteiger partial charge in [0.2, 0.25) is 11.8 Å². The highest BCUT2D eigenvalue weighted by Crippen LogP contribution is 2.28. The van der Waals surface area contributed by atoms with Crippen LogP contribution in [0.2, 0.25) is 10.0 Å². The van der Waals surface area contributed by atoms with Gasteiger partial charge in [-0.3, -0.25) is 13.9 Å². The van der Waals surface area contributed by atoms with Gasteiger partial charge in [-0.25, -0.2) is 8.42 Å². The van der Waals surface area contributed by atoms with Crippen LogP contribution in [0.5, 0.6) is 0 Å². The number of nitrogens with zero attached hydrogens (tertiary/aromatic N) is 2. The number of carbonyl (C=O) groups excluding carboxylic acids is 2. The summed E-state index contributed by atoms with van der Waals surface area (Å²) < 4.78 is 28.5. The number of nitrogens with one attached hydrogen (secondary N) is 1. The van der Waals surface area contributed by atoms with Gasteiger partial charge in [-0.2, -0.15) is 0 Å². The fourth-order valence-corrected chi connectivity index (χ4v) is 5.62. The van der Waals surface area contributed by atoms with Crippen LogP contribution in [-0.2, 0) is 26.2 Å². The SMILES string of the molecule is Cc1ccc(N(CC(=O)N(Cc2cccc(Cl)c2)C(C)C(=O)NC(C)C)S(=O)(=O)c2ccccc2)cc1Cl. The molecule has 2 amide bonds. The van der Waals surface area contributed by atoms with E-state index >= 15 is 0 Å². The molecule has 7 nitrogen and oxygen atoms in total. The normalized spacial score (nSPS) is 12.2. The molecule has 202 valence electrons. The predicted molar refractivity (Wildman–Crippen MR) is 152 cm³/mol. The summed E-state index contributed by atoms with van der Waals surface area (Å²) in [5.41, 5.74) is 1.70. The molecule has 38 heavy (non-hydrogen) atoms. The van der Waals surface area contributed by atoms with Crippen LogP contribution in [0.1, 0.15) is 31.9 Å². The van der Waals surface area contributed by atoms with Crippen LogP contribution in [0.3, 0.4) is 0 Å². The van der Waals surface area contributed by atoms with Crippen LogP contribution in [0.25, 0.3) is 0 Å². The number of sulfonamides is 1. The third-order valence-electron chi connectivity index (χ3n) is 5.89. The zero-order chi connectivity index (χ0) is 28.0. The molecule has 0 fully saturated rings. The van der Waals surface area contributed by atoms with Crippen LogP contribution in [0, 0.1) is 6.92 Å². The van der Waals surface area contributed by atoms with Gasteiger partial charge in [0, 0.05) is 22.6 Å². The van der Waals surface area contributed by atoms with Crippen molar-refractivity contribution in [2.45, 2.75) is 51.2 Å². The van der Waals surface area contributed by atoms with E-state index in [1.807, 2.05) is 13.8 Å². The molecule has 0 saturated carbocycles. The molecule has 0 aromatic heterocycles. The molecular formula is C28H31Cl2N3O4S. The van der Waals surface area contributed by atoms with Crippen molar-refractivity contribution in [3.63, 3.8) is 0 Å². The second-order valence-corrected chi connectivity index (χ2v) is 12.0. The van der Waals surface area contributed by atoms with E-state index in [9.17, 15) is 18.0 Å². The fourth-order valence-electron chi connectivity index (χ4n) is 3.81. The van der Waals surface area contributed by atoms with Crippen LogP contribution < -0.4 is 9.62 Å². The third kappa shape index (κ3) is 7.28. The van der Waals surface area contributed by atoms with E-state index in [1.165, 1.54) is 23.1 Å². The lowest BCUT2D eigenvalue weighted by Crippen LogP contribution is -2.52. The van der Waals surface area contributed by atoms with E-state index < -0.39 is 28.5 Å². The van der Waals surface area contributed by atoms with Gasteiger partial charge < -0.3 is 10.2 Å². The first-order chi connectivity index (χ1) is 17.9. The number of hydrogen-bond acceptors (Lipinski definition) is 4. The average molecular weight is 577 g/mol. The van der Waals surface area contributed by atoms with Gasteiger partial charge in [0.15, 0.2) is 0 Å². The molecule has 3 rings (SSSR count). The van der Waals surface area contributed by atoms with E-state index in [2.05, 4.69) is 5.32 Å². The summed E-state index contributed by atoms with van der Waals surface area (Å²) in [7, 11) is -4.15. The Hall–Kier alpha value is -3.07. The number of rotatable bonds is 10. The zero-order valence-corrected chi connectivity index (χ0v) is 24.0. The van der Waals surface area contributed by atoms with Gasteiger partial charge in [0.05, 0.1) is 10.6 Å². The third-order valence-corrected chi connectivity index (χ3v) is 8.32. The van der Waals surface area contributed by atoms with E-state index in [-0.39, 0.29) is 29.1 Å². The van der Waals surface area contributed by atoms with Crippen molar-refractivity contribution >= 4 is 50.7 Å². The first-order valence-corrected chi connectivity index (χ1v) is 14.3. The van der Waals surface area contributed by atoms with Gasteiger partial charge in [0.1, 0.15) is 12.6 Å². The van der Waals surface area contributed by atoms with Crippen LogP contribution in [-0.4, -0.2) is 43.8 Å². The minimum Gasteiger partial charge on any atom is -0.352 e. The second kappa shape index (κ2) is 12.7. The van der Waals surface area contributed by atoms with E-state index in [1.54, 1.807) is 68.4 Å². The van der Waals surface area contributed by atoms with Gasteiger partial charge >= 0.3 is 0 Å². The molecule has 0 bridgehead atoms. The second-order valence-electron chi connectivity index (χ2n) is 9.25. The molecule has 3 aromatic rings. The maximum Gasteiger partial charge on any atom is 0.264 e. The Kier molecular flexibility index (Phi) is 9.82. The first-order valence-electron chi connectivity index (χ1n) is 12.1. The number of anilines is 1. The monoisotopic (exact) mass is 575 g/mol. The topological polar surface area (TPSA) is 86.8 Å². The Bertz CT molecular complexity index is 1400. The van der Waals surface area contributed by atoms with Crippen molar-refractivity contribution in [3.8, 4) is 0 Å². The number of benzene rings is 3. The summed E-state index contributed by atoms with van der Waals surface area (Å²) >= 11 is 12.5. The van der Waals surface area contributed by atoms with Crippen LogP contribution >= 0.6 is 23.2 Å². The molecule has 1 atom stereocenters. The van der Waals surface area contributed by atoms with Crippen LogP contribution in [0.15, 0.2) is 77.7 Å².